The third kappa shape index (κ3) is 3.35. The Labute approximate surface area is 109 Å². The Hall–Kier alpha value is -1.26. The minimum atomic E-state index is 0.387. The van der Waals surface area contributed by atoms with E-state index < -0.39 is 0 Å². The molecule has 17 heavy (non-hydrogen) atoms. The van der Waals surface area contributed by atoms with E-state index in [1.807, 2.05) is 30.5 Å². The monoisotopic (exact) mass is 266 g/mol. The number of benzene rings is 1. The van der Waals surface area contributed by atoms with Crippen LogP contribution >= 0.6 is 23.4 Å². The Bertz CT molecular complexity index is 490. The fraction of sp³-hybridized carbons (Fsp3) is 0.167. The second-order valence-corrected chi connectivity index (χ2v) is 4.51. The zero-order valence-corrected chi connectivity index (χ0v) is 10.8. The smallest absolute Gasteiger partial charge is 0.147 e. The Morgan fingerprint density at radius 3 is 2.76 bits per heavy atom. The van der Waals surface area contributed by atoms with E-state index >= 15 is 0 Å². The zero-order valence-electron chi connectivity index (χ0n) is 9.26. The fourth-order valence-electron chi connectivity index (χ4n) is 1.30. The first kappa shape index (κ1) is 12.2. The van der Waals surface area contributed by atoms with Crippen LogP contribution in [0.2, 0.25) is 5.15 Å². The van der Waals surface area contributed by atoms with Gasteiger partial charge >= 0.3 is 0 Å². The van der Waals surface area contributed by atoms with Crippen molar-refractivity contribution >= 4 is 23.4 Å². The van der Waals surface area contributed by atoms with Crippen molar-refractivity contribution in [3.63, 3.8) is 0 Å². The molecule has 0 spiro atoms. The van der Waals surface area contributed by atoms with Crippen LogP contribution in [0.5, 0.6) is 5.75 Å². The average molecular weight is 267 g/mol. The van der Waals surface area contributed by atoms with E-state index in [9.17, 15) is 0 Å². The van der Waals surface area contributed by atoms with Gasteiger partial charge in [0.1, 0.15) is 17.5 Å². The number of rotatable bonds is 4. The second-order valence-electron chi connectivity index (χ2n) is 3.27. The summed E-state index contributed by atoms with van der Waals surface area (Å²) in [5, 5.41) is 0.387. The summed E-state index contributed by atoms with van der Waals surface area (Å²) in [6.45, 7) is 0.391. The van der Waals surface area contributed by atoms with Crippen molar-refractivity contribution in [2.45, 2.75) is 11.5 Å². The Morgan fingerprint density at radius 1 is 1.24 bits per heavy atom. The van der Waals surface area contributed by atoms with Crippen LogP contribution in [0.4, 0.5) is 0 Å². The van der Waals surface area contributed by atoms with Crippen molar-refractivity contribution in [2.24, 2.45) is 0 Å². The molecule has 5 heteroatoms. The van der Waals surface area contributed by atoms with E-state index in [-0.39, 0.29) is 0 Å². The summed E-state index contributed by atoms with van der Waals surface area (Å²) in [5.41, 5.74) is 0.755. The van der Waals surface area contributed by atoms with Gasteiger partial charge in [0.15, 0.2) is 0 Å². The second kappa shape index (κ2) is 5.89. The summed E-state index contributed by atoms with van der Waals surface area (Å²) < 4.78 is 5.69. The Morgan fingerprint density at radius 2 is 2.06 bits per heavy atom. The zero-order chi connectivity index (χ0) is 12.1. The van der Waals surface area contributed by atoms with Crippen LogP contribution in [0, 0.1) is 0 Å². The summed E-state index contributed by atoms with van der Waals surface area (Å²) in [7, 11) is 0. The molecule has 0 unspecified atom stereocenters. The molecule has 0 radical (unpaired) electrons. The van der Waals surface area contributed by atoms with E-state index in [0.29, 0.717) is 11.8 Å². The first-order valence-electron chi connectivity index (χ1n) is 5.02. The molecule has 0 fully saturated rings. The molecule has 3 nitrogen and oxygen atoms in total. The summed E-state index contributed by atoms with van der Waals surface area (Å²) in [6.07, 6.45) is 5.15. The molecule has 2 aromatic rings. The lowest BCUT2D eigenvalue weighted by Gasteiger charge is -2.08. The van der Waals surface area contributed by atoms with E-state index in [2.05, 4.69) is 9.97 Å². The summed E-state index contributed by atoms with van der Waals surface area (Å²) in [5.74, 6) is 0.858. The molecule has 0 saturated carbocycles. The summed E-state index contributed by atoms with van der Waals surface area (Å²) in [4.78, 5) is 9.18. The average Bonchev–Trinajstić information content (AvgIpc) is 2.38. The van der Waals surface area contributed by atoms with Gasteiger partial charge in [-0.1, -0.05) is 23.7 Å². The minimum absolute atomic E-state index is 0.387. The van der Waals surface area contributed by atoms with Gasteiger partial charge < -0.3 is 4.74 Å². The minimum Gasteiger partial charge on any atom is -0.486 e. The van der Waals surface area contributed by atoms with Crippen molar-refractivity contribution in [1.82, 2.24) is 9.97 Å². The van der Waals surface area contributed by atoms with Crippen LogP contribution in [0.25, 0.3) is 0 Å². The molecule has 88 valence electrons. The number of ether oxygens (including phenoxy) is 1. The van der Waals surface area contributed by atoms with Crippen LogP contribution in [0.1, 0.15) is 5.69 Å². The maximum atomic E-state index is 5.69. The molecule has 1 aromatic heterocycles. The highest BCUT2D eigenvalue weighted by atomic mass is 35.5. The number of nitrogens with zero attached hydrogens (tertiary/aromatic N) is 2. The molecule has 1 heterocycles. The van der Waals surface area contributed by atoms with Crippen molar-refractivity contribution in [2.75, 3.05) is 6.26 Å². The first-order valence-corrected chi connectivity index (χ1v) is 6.62. The highest BCUT2D eigenvalue weighted by Gasteiger charge is 2.02. The van der Waals surface area contributed by atoms with Crippen molar-refractivity contribution < 1.29 is 4.74 Å². The van der Waals surface area contributed by atoms with Gasteiger partial charge in [0.25, 0.3) is 0 Å². The van der Waals surface area contributed by atoms with E-state index in [1.165, 1.54) is 6.20 Å². The van der Waals surface area contributed by atoms with Crippen molar-refractivity contribution in [1.29, 1.82) is 0 Å². The Balaban J connectivity index is 2.04. The molecule has 0 N–H and O–H groups in total. The van der Waals surface area contributed by atoms with Crippen LogP contribution < -0.4 is 4.74 Å². The maximum Gasteiger partial charge on any atom is 0.147 e. The molecule has 2 rings (SSSR count). The molecule has 0 saturated heterocycles. The van der Waals surface area contributed by atoms with Crippen LogP contribution in [0.3, 0.4) is 0 Å². The molecule has 0 aliphatic rings. The van der Waals surface area contributed by atoms with Crippen LogP contribution in [-0.2, 0) is 6.61 Å². The third-order valence-electron chi connectivity index (χ3n) is 2.12. The molecule has 0 bridgehead atoms. The SMILES string of the molecule is CSc1ccccc1OCc1cnc(Cl)cn1. The van der Waals surface area contributed by atoms with Gasteiger partial charge in [0.05, 0.1) is 18.1 Å². The molecule has 0 aliphatic carbocycles. The number of thioether (sulfide) groups is 1. The standard InChI is InChI=1S/C12H11ClN2OS/c1-17-11-5-3-2-4-10(11)16-8-9-6-15-12(13)7-14-9/h2-7H,8H2,1H3. The lowest BCUT2D eigenvalue weighted by molar-refractivity contribution is 0.293. The molecular weight excluding hydrogens is 256 g/mol. The van der Waals surface area contributed by atoms with Crippen LogP contribution in [-0.4, -0.2) is 16.2 Å². The van der Waals surface area contributed by atoms with Gasteiger partial charge in [-0.05, 0) is 18.4 Å². The van der Waals surface area contributed by atoms with Crippen molar-refractivity contribution in [3.8, 4) is 5.75 Å². The normalized spacial score (nSPS) is 10.2. The van der Waals surface area contributed by atoms with Gasteiger partial charge in [-0.3, -0.25) is 4.98 Å². The highest BCUT2D eigenvalue weighted by molar-refractivity contribution is 7.98. The number of halogens is 1. The number of hydrogen-bond acceptors (Lipinski definition) is 4. The van der Waals surface area contributed by atoms with E-state index in [0.717, 1.165) is 16.3 Å². The van der Waals surface area contributed by atoms with Crippen LogP contribution in [0.15, 0.2) is 41.6 Å². The van der Waals surface area contributed by atoms with Gasteiger partial charge in [0, 0.05) is 4.90 Å². The lowest BCUT2D eigenvalue weighted by atomic mass is 10.3. The third-order valence-corrected chi connectivity index (χ3v) is 3.09. The van der Waals surface area contributed by atoms with Gasteiger partial charge in [-0.25, -0.2) is 4.98 Å². The molecule has 0 amide bonds. The van der Waals surface area contributed by atoms with Crippen molar-refractivity contribution in [3.05, 3.63) is 47.5 Å². The number of para-hydroxylation sites is 1. The number of hydrogen-bond donors (Lipinski definition) is 0. The van der Waals surface area contributed by atoms with Gasteiger partial charge in [-0.2, -0.15) is 0 Å². The topological polar surface area (TPSA) is 35.0 Å². The predicted molar refractivity (Wildman–Crippen MR) is 69.6 cm³/mol. The lowest BCUT2D eigenvalue weighted by Crippen LogP contribution is -1.99. The summed E-state index contributed by atoms with van der Waals surface area (Å²) in [6, 6.07) is 7.89. The molecular formula is C12H11ClN2OS. The molecule has 0 atom stereocenters. The van der Waals surface area contributed by atoms with E-state index in [4.69, 9.17) is 16.3 Å². The Kier molecular flexibility index (Phi) is 4.23. The molecule has 0 aliphatic heterocycles. The van der Waals surface area contributed by atoms with E-state index in [1.54, 1.807) is 18.0 Å². The highest BCUT2D eigenvalue weighted by Crippen LogP contribution is 2.27. The largest absolute Gasteiger partial charge is 0.486 e. The quantitative estimate of drug-likeness (QED) is 0.794. The van der Waals surface area contributed by atoms with Gasteiger partial charge in [-0.15, -0.1) is 11.8 Å². The van der Waals surface area contributed by atoms with Gasteiger partial charge in [0.2, 0.25) is 0 Å². The first-order chi connectivity index (χ1) is 8.29. The summed E-state index contributed by atoms with van der Waals surface area (Å²) >= 11 is 7.31. The number of aromatic nitrogens is 2. The molecule has 1 aromatic carbocycles. The maximum absolute atomic E-state index is 5.69. The fourth-order valence-corrected chi connectivity index (χ4v) is 1.94. The predicted octanol–water partition coefficient (Wildman–Crippen LogP) is 3.43.